The molecule has 3 aromatic carbocycles. The number of ether oxygens (including phenoxy) is 1. The number of fused-ring (bicyclic) bond motifs is 1. The van der Waals surface area contributed by atoms with Gasteiger partial charge in [0.15, 0.2) is 0 Å². The average Bonchev–Trinajstić information content (AvgIpc) is 2.79. The van der Waals surface area contributed by atoms with E-state index in [1.165, 1.54) is 25.3 Å². The first-order valence-electron chi connectivity index (χ1n) is 9.66. The van der Waals surface area contributed by atoms with Crippen LogP contribution in [0, 0.1) is 6.92 Å². The molecule has 1 aliphatic carbocycles. The van der Waals surface area contributed by atoms with Crippen LogP contribution in [0.4, 0.5) is 5.69 Å². The molecule has 0 saturated carbocycles. The van der Waals surface area contributed by atoms with Crippen molar-refractivity contribution in [3.8, 4) is 5.75 Å². The lowest BCUT2D eigenvalue weighted by Gasteiger charge is -2.19. The Morgan fingerprint density at radius 1 is 0.969 bits per heavy atom. The molecule has 0 atom stereocenters. The standard InChI is InChI=1S/C24H19ClN2O4S/c1-15-7-8-16(25)13-21(15)26-23-14-22(19-5-3-4-6-20(19)24(23)28)27-32(29,30)18-11-9-17(31-2)10-12-18/h3-14,26H,1-2H3/b27-22-. The zero-order chi connectivity index (χ0) is 22.9. The van der Waals surface area contributed by atoms with Gasteiger partial charge >= 0.3 is 0 Å². The van der Waals surface area contributed by atoms with E-state index >= 15 is 0 Å². The number of methoxy groups -OCH3 is 1. The van der Waals surface area contributed by atoms with Crippen LogP contribution in [0.15, 0.2) is 87.8 Å². The van der Waals surface area contributed by atoms with E-state index in [1.54, 1.807) is 48.5 Å². The van der Waals surface area contributed by atoms with Crippen molar-refractivity contribution < 1.29 is 17.9 Å². The second-order valence-corrected chi connectivity index (χ2v) is 9.18. The highest BCUT2D eigenvalue weighted by molar-refractivity contribution is 7.90. The van der Waals surface area contributed by atoms with E-state index in [1.807, 2.05) is 13.0 Å². The van der Waals surface area contributed by atoms with E-state index in [-0.39, 0.29) is 22.1 Å². The van der Waals surface area contributed by atoms with E-state index in [4.69, 9.17) is 16.3 Å². The van der Waals surface area contributed by atoms with Crippen molar-refractivity contribution in [1.29, 1.82) is 0 Å². The normalized spacial score (nSPS) is 14.7. The van der Waals surface area contributed by atoms with Crippen molar-refractivity contribution in [3.05, 3.63) is 100 Å². The van der Waals surface area contributed by atoms with E-state index in [0.717, 1.165) is 5.56 Å². The summed E-state index contributed by atoms with van der Waals surface area (Å²) < 4.78 is 35.1. The fourth-order valence-corrected chi connectivity index (χ4v) is 4.47. The molecule has 4 rings (SSSR count). The molecular formula is C24H19ClN2O4S. The fraction of sp³-hybridized carbons (Fsp3) is 0.0833. The third-order valence-corrected chi connectivity index (χ3v) is 6.56. The molecule has 3 aromatic rings. The number of hydrogen-bond acceptors (Lipinski definition) is 5. The van der Waals surface area contributed by atoms with Crippen LogP contribution in [-0.4, -0.2) is 27.0 Å². The molecule has 6 nitrogen and oxygen atoms in total. The minimum atomic E-state index is -4.03. The maximum Gasteiger partial charge on any atom is 0.282 e. The molecule has 0 spiro atoms. The monoisotopic (exact) mass is 466 g/mol. The van der Waals surface area contributed by atoms with Crippen LogP contribution < -0.4 is 10.1 Å². The molecule has 0 amide bonds. The van der Waals surface area contributed by atoms with E-state index in [2.05, 4.69) is 9.71 Å². The van der Waals surface area contributed by atoms with Gasteiger partial charge in [0, 0.05) is 21.8 Å². The molecule has 0 heterocycles. The first-order chi connectivity index (χ1) is 15.3. The lowest BCUT2D eigenvalue weighted by atomic mass is 9.92. The smallest absolute Gasteiger partial charge is 0.282 e. The van der Waals surface area contributed by atoms with Gasteiger partial charge in [0.05, 0.1) is 23.4 Å². The molecule has 0 radical (unpaired) electrons. The summed E-state index contributed by atoms with van der Waals surface area (Å²) in [6.07, 6.45) is 1.45. The summed E-state index contributed by atoms with van der Waals surface area (Å²) in [5.41, 5.74) is 2.71. The fourth-order valence-electron chi connectivity index (χ4n) is 3.30. The van der Waals surface area contributed by atoms with Crippen molar-refractivity contribution in [2.45, 2.75) is 11.8 Å². The van der Waals surface area contributed by atoms with Gasteiger partial charge in [-0.3, -0.25) is 4.79 Å². The number of Topliss-reactive ketones (excluding diaryl/α,β-unsaturated/α-hetero) is 1. The number of nitrogens with zero attached hydrogens (tertiary/aromatic N) is 1. The third-order valence-electron chi connectivity index (χ3n) is 5.02. The molecule has 0 unspecified atom stereocenters. The number of aryl methyl sites for hydroxylation is 1. The van der Waals surface area contributed by atoms with Crippen LogP contribution in [-0.2, 0) is 10.0 Å². The molecule has 8 heteroatoms. The topological polar surface area (TPSA) is 84.8 Å². The summed E-state index contributed by atoms with van der Waals surface area (Å²) in [6, 6.07) is 18.0. The highest BCUT2D eigenvalue weighted by atomic mass is 35.5. The minimum absolute atomic E-state index is 0.0220. The first kappa shape index (κ1) is 21.8. The van der Waals surface area contributed by atoms with E-state index < -0.39 is 10.0 Å². The van der Waals surface area contributed by atoms with Crippen LogP contribution in [0.5, 0.6) is 5.75 Å². The Kier molecular flexibility index (Phi) is 5.86. The average molecular weight is 467 g/mol. The number of sulfonamides is 1. The van der Waals surface area contributed by atoms with Crippen molar-refractivity contribution >= 4 is 38.8 Å². The zero-order valence-electron chi connectivity index (χ0n) is 17.3. The van der Waals surface area contributed by atoms with Crippen LogP contribution in [0.25, 0.3) is 0 Å². The number of rotatable bonds is 5. The number of allylic oxidation sites excluding steroid dienone is 2. The summed E-state index contributed by atoms with van der Waals surface area (Å²) in [5, 5.41) is 3.60. The molecule has 0 aromatic heterocycles. The largest absolute Gasteiger partial charge is 0.497 e. The summed E-state index contributed by atoms with van der Waals surface area (Å²) in [6.45, 7) is 1.88. The lowest BCUT2D eigenvalue weighted by molar-refractivity contribution is 0.103. The Balaban J connectivity index is 1.81. The maximum absolute atomic E-state index is 13.1. The van der Waals surface area contributed by atoms with Crippen molar-refractivity contribution in [3.63, 3.8) is 0 Å². The number of anilines is 1. The van der Waals surface area contributed by atoms with Gasteiger partial charge in [0.2, 0.25) is 5.78 Å². The van der Waals surface area contributed by atoms with Crippen molar-refractivity contribution in [2.75, 3.05) is 12.4 Å². The number of hydrogen-bond donors (Lipinski definition) is 1. The first-order valence-corrected chi connectivity index (χ1v) is 11.5. The van der Waals surface area contributed by atoms with Gasteiger partial charge in [-0.05, 0) is 55.0 Å². The summed E-state index contributed by atoms with van der Waals surface area (Å²) in [4.78, 5) is 13.1. The molecular weight excluding hydrogens is 448 g/mol. The maximum atomic E-state index is 13.1. The van der Waals surface area contributed by atoms with Gasteiger partial charge in [-0.15, -0.1) is 0 Å². The number of nitrogens with one attached hydrogen (secondary N) is 1. The second kappa shape index (κ2) is 8.61. The van der Waals surface area contributed by atoms with Gasteiger partial charge in [-0.1, -0.05) is 41.9 Å². The van der Waals surface area contributed by atoms with Crippen LogP contribution in [0.2, 0.25) is 5.02 Å². The molecule has 0 fully saturated rings. The molecule has 1 N–H and O–H groups in total. The van der Waals surface area contributed by atoms with Crippen LogP contribution in [0.3, 0.4) is 0 Å². The number of carbonyl (C=O) groups is 1. The Hall–Kier alpha value is -3.42. The highest BCUT2D eigenvalue weighted by Crippen LogP contribution is 2.28. The number of halogens is 1. The van der Waals surface area contributed by atoms with E-state index in [0.29, 0.717) is 27.6 Å². The predicted octanol–water partition coefficient (Wildman–Crippen LogP) is 5.03. The Labute approximate surface area is 191 Å². The Morgan fingerprint density at radius 3 is 2.34 bits per heavy atom. The quantitative estimate of drug-likeness (QED) is 0.570. The summed E-state index contributed by atoms with van der Waals surface area (Å²) in [5.74, 6) is 0.272. The number of benzene rings is 3. The molecule has 32 heavy (non-hydrogen) atoms. The van der Waals surface area contributed by atoms with Crippen molar-refractivity contribution in [2.24, 2.45) is 4.40 Å². The number of carbonyl (C=O) groups excluding carboxylic acids is 1. The highest BCUT2D eigenvalue weighted by Gasteiger charge is 2.26. The SMILES string of the molecule is COc1ccc(S(=O)(=O)/N=C2/C=C(Nc3cc(Cl)ccc3C)C(=O)c3ccccc32)cc1. The molecule has 0 aliphatic heterocycles. The van der Waals surface area contributed by atoms with Gasteiger partial charge in [0.1, 0.15) is 5.75 Å². The van der Waals surface area contributed by atoms with Crippen LogP contribution in [0.1, 0.15) is 21.5 Å². The lowest BCUT2D eigenvalue weighted by Crippen LogP contribution is -2.23. The van der Waals surface area contributed by atoms with E-state index in [9.17, 15) is 13.2 Å². The van der Waals surface area contributed by atoms with Gasteiger partial charge in [-0.2, -0.15) is 12.8 Å². The predicted molar refractivity (Wildman–Crippen MR) is 125 cm³/mol. The summed E-state index contributed by atoms with van der Waals surface area (Å²) >= 11 is 6.10. The Bertz CT molecular complexity index is 1380. The summed E-state index contributed by atoms with van der Waals surface area (Å²) in [7, 11) is -2.53. The van der Waals surface area contributed by atoms with Crippen LogP contribution >= 0.6 is 11.6 Å². The number of ketones is 1. The minimum Gasteiger partial charge on any atom is -0.497 e. The zero-order valence-corrected chi connectivity index (χ0v) is 18.9. The molecule has 0 saturated heterocycles. The second-order valence-electron chi connectivity index (χ2n) is 7.14. The molecule has 0 bridgehead atoms. The molecule has 1 aliphatic rings. The molecule has 162 valence electrons. The third kappa shape index (κ3) is 4.30. The van der Waals surface area contributed by atoms with Gasteiger partial charge in [-0.25, -0.2) is 0 Å². The Morgan fingerprint density at radius 2 is 1.66 bits per heavy atom. The van der Waals surface area contributed by atoms with Crippen molar-refractivity contribution in [1.82, 2.24) is 0 Å². The van der Waals surface area contributed by atoms with Gasteiger partial charge in [0.25, 0.3) is 10.0 Å². The van der Waals surface area contributed by atoms with Gasteiger partial charge < -0.3 is 10.1 Å².